The summed E-state index contributed by atoms with van der Waals surface area (Å²) >= 11 is 1.98. The number of amides is 1. The summed E-state index contributed by atoms with van der Waals surface area (Å²) in [5.74, 6) is 3.14. The molecule has 1 aromatic rings. The van der Waals surface area contributed by atoms with Gasteiger partial charge in [0.05, 0.1) is 0 Å². The Hall–Kier alpha value is -1.00. The third-order valence-electron chi connectivity index (χ3n) is 3.48. The van der Waals surface area contributed by atoms with Gasteiger partial charge >= 0.3 is 0 Å². The van der Waals surface area contributed by atoms with Crippen molar-refractivity contribution in [3.63, 3.8) is 0 Å². The maximum atomic E-state index is 12.2. The van der Waals surface area contributed by atoms with Gasteiger partial charge in [-0.1, -0.05) is 18.2 Å². The minimum Gasteiger partial charge on any atom is -0.352 e. The first-order valence-corrected chi connectivity index (χ1v) is 8.05. The predicted molar refractivity (Wildman–Crippen MR) is 81.8 cm³/mol. The number of carbonyl (C=O) groups excluding carboxylic acids is 1. The third kappa shape index (κ3) is 4.25. The average Bonchev–Trinajstić information content (AvgIpc) is 2.96. The Morgan fingerprint density at radius 2 is 2.26 bits per heavy atom. The predicted octanol–water partition coefficient (Wildman–Crippen LogP) is 1.93. The lowest BCUT2D eigenvalue weighted by Gasteiger charge is -2.12. The molecule has 1 aliphatic heterocycles. The molecule has 1 aliphatic rings. The Morgan fingerprint density at radius 1 is 1.42 bits per heavy atom. The van der Waals surface area contributed by atoms with Crippen LogP contribution < -0.4 is 10.6 Å². The van der Waals surface area contributed by atoms with Crippen LogP contribution in [0.15, 0.2) is 24.3 Å². The van der Waals surface area contributed by atoms with Crippen LogP contribution in [-0.2, 0) is 6.42 Å². The van der Waals surface area contributed by atoms with E-state index in [1.165, 1.54) is 17.9 Å². The Kier molecular flexibility index (Phi) is 5.73. The van der Waals surface area contributed by atoms with Crippen molar-refractivity contribution < 1.29 is 4.79 Å². The zero-order chi connectivity index (χ0) is 13.5. The molecule has 0 aliphatic carbocycles. The summed E-state index contributed by atoms with van der Waals surface area (Å²) in [6, 6.07) is 7.89. The minimum atomic E-state index is 0.0728. The van der Waals surface area contributed by atoms with E-state index in [4.69, 9.17) is 0 Å². The number of carbonyl (C=O) groups is 1. The summed E-state index contributed by atoms with van der Waals surface area (Å²) < 4.78 is 0. The fourth-order valence-corrected chi connectivity index (χ4v) is 3.58. The topological polar surface area (TPSA) is 41.1 Å². The normalized spacial score (nSPS) is 18.5. The molecule has 1 saturated heterocycles. The van der Waals surface area contributed by atoms with Gasteiger partial charge in [0.1, 0.15) is 0 Å². The number of hydrogen-bond acceptors (Lipinski definition) is 3. The smallest absolute Gasteiger partial charge is 0.251 e. The van der Waals surface area contributed by atoms with Gasteiger partial charge in [-0.15, -0.1) is 0 Å². The molecule has 1 unspecified atom stereocenters. The lowest BCUT2D eigenvalue weighted by atomic mass is 10.0. The number of thioether (sulfide) groups is 1. The summed E-state index contributed by atoms with van der Waals surface area (Å²) in [5, 5.41) is 6.21. The number of hydrogen-bond donors (Lipinski definition) is 2. The molecule has 1 atom stereocenters. The van der Waals surface area contributed by atoms with Crippen molar-refractivity contribution in [2.75, 3.05) is 31.6 Å². The number of likely N-dealkylation sites (N-methyl/N-ethyl adjacent to an activating group) is 1. The maximum absolute atomic E-state index is 12.2. The van der Waals surface area contributed by atoms with Crippen LogP contribution >= 0.6 is 11.8 Å². The third-order valence-corrected chi connectivity index (χ3v) is 4.71. The van der Waals surface area contributed by atoms with Gasteiger partial charge < -0.3 is 10.6 Å². The van der Waals surface area contributed by atoms with E-state index in [-0.39, 0.29) is 5.91 Å². The summed E-state index contributed by atoms with van der Waals surface area (Å²) in [5.41, 5.74) is 1.94. The lowest BCUT2D eigenvalue weighted by Crippen LogP contribution is -2.30. The van der Waals surface area contributed by atoms with E-state index in [1.807, 2.05) is 43.1 Å². The fraction of sp³-hybridized carbons (Fsp3) is 0.533. The molecular weight excluding hydrogens is 256 g/mol. The van der Waals surface area contributed by atoms with Crippen molar-refractivity contribution in [3.8, 4) is 0 Å². The van der Waals surface area contributed by atoms with Crippen molar-refractivity contribution in [2.24, 2.45) is 5.92 Å². The molecule has 1 amide bonds. The molecular formula is C15H22N2OS. The largest absolute Gasteiger partial charge is 0.352 e. The molecule has 0 spiro atoms. The van der Waals surface area contributed by atoms with Crippen LogP contribution in [0.25, 0.3) is 0 Å². The number of nitrogens with one attached hydrogen (secondary N) is 2. The lowest BCUT2D eigenvalue weighted by molar-refractivity contribution is 0.0947. The molecule has 2 N–H and O–H groups in total. The highest BCUT2D eigenvalue weighted by atomic mass is 32.2. The molecule has 1 fully saturated rings. The van der Waals surface area contributed by atoms with E-state index < -0.39 is 0 Å². The zero-order valence-electron chi connectivity index (χ0n) is 11.4. The molecule has 19 heavy (non-hydrogen) atoms. The highest BCUT2D eigenvalue weighted by Crippen LogP contribution is 2.22. The molecule has 2 rings (SSSR count). The molecule has 104 valence electrons. The van der Waals surface area contributed by atoms with E-state index >= 15 is 0 Å². The van der Waals surface area contributed by atoms with Gasteiger partial charge in [0, 0.05) is 12.1 Å². The molecule has 0 radical (unpaired) electrons. The van der Waals surface area contributed by atoms with Crippen LogP contribution in [0.2, 0.25) is 0 Å². The van der Waals surface area contributed by atoms with Crippen molar-refractivity contribution in [1.82, 2.24) is 10.6 Å². The van der Waals surface area contributed by atoms with Crippen molar-refractivity contribution >= 4 is 17.7 Å². The highest BCUT2D eigenvalue weighted by Gasteiger charge is 2.17. The molecule has 3 nitrogen and oxygen atoms in total. The summed E-state index contributed by atoms with van der Waals surface area (Å²) in [6.45, 7) is 1.70. The van der Waals surface area contributed by atoms with Crippen LogP contribution in [0.4, 0.5) is 0 Å². The molecule has 1 heterocycles. The molecule has 0 saturated carbocycles. The van der Waals surface area contributed by atoms with Crippen LogP contribution in [-0.4, -0.2) is 37.6 Å². The Bertz CT molecular complexity index is 416. The van der Waals surface area contributed by atoms with E-state index in [0.29, 0.717) is 5.92 Å². The average molecular weight is 278 g/mol. The highest BCUT2D eigenvalue weighted by molar-refractivity contribution is 7.99. The van der Waals surface area contributed by atoms with Crippen LogP contribution in [0, 0.1) is 5.92 Å². The van der Waals surface area contributed by atoms with Crippen LogP contribution in [0.3, 0.4) is 0 Å². The second-order valence-electron chi connectivity index (χ2n) is 4.95. The van der Waals surface area contributed by atoms with E-state index in [9.17, 15) is 4.79 Å². The number of benzene rings is 1. The molecule has 0 bridgehead atoms. The van der Waals surface area contributed by atoms with E-state index in [2.05, 4.69) is 10.6 Å². The van der Waals surface area contributed by atoms with Crippen molar-refractivity contribution in [2.45, 2.75) is 12.8 Å². The van der Waals surface area contributed by atoms with Gasteiger partial charge in [0.25, 0.3) is 5.91 Å². The van der Waals surface area contributed by atoms with Crippen LogP contribution in [0.5, 0.6) is 0 Å². The van der Waals surface area contributed by atoms with Gasteiger partial charge in [0.2, 0.25) is 0 Å². The summed E-state index contributed by atoms with van der Waals surface area (Å²) in [6.07, 6.45) is 2.12. The first-order chi connectivity index (χ1) is 9.31. The quantitative estimate of drug-likeness (QED) is 0.835. The Balaban J connectivity index is 1.93. The molecule has 0 aromatic heterocycles. The second-order valence-corrected chi connectivity index (χ2v) is 6.10. The Labute approximate surface area is 119 Å². The SMILES string of the molecule is CNCCc1ccccc1C(=O)NCC1CCSC1. The van der Waals surface area contributed by atoms with E-state index in [1.54, 1.807) is 0 Å². The summed E-state index contributed by atoms with van der Waals surface area (Å²) in [7, 11) is 1.93. The monoisotopic (exact) mass is 278 g/mol. The first-order valence-electron chi connectivity index (χ1n) is 6.89. The second kappa shape index (κ2) is 7.56. The molecule has 4 heteroatoms. The van der Waals surface area contributed by atoms with Gasteiger partial charge in [-0.05, 0) is 55.5 Å². The number of rotatable bonds is 6. The maximum Gasteiger partial charge on any atom is 0.251 e. The van der Waals surface area contributed by atoms with Gasteiger partial charge in [-0.2, -0.15) is 11.8 Å². The van der Waals surface area contributed by atoms with Crippen LogP contribution in [0.1, 0.15) is 22.3 Å². The standard InChI is InChI=1S/C15H22N2OS/c1-16-8-6-13-4-2-3-5-14(13)15(18)17-10-12-7-9-19-11-12/h2-5,12,16H,6-11H2,1H3,(H,17,18). The van der Waals surface area contributed by atoms with E-state index in [0.717, 1.165) is 30.6 Å². The van der Waals surface area contributed by atoms with Gasteiger partial charge in [-0.3, -0.25) is 4.79 Å². The van der Waals surface area contributed by atoms with Crippen molar-refractivity contribution in [3.05, 3.63) is 35.4 Å². The van der Waals surface area contributed by atoms with Crippen molar-refractivity contribution in [1.29, 1.82) is 0 Å². The minimum absolute atomic E-state index is 0.0728. The fourth-order valence-electron chi connectivity index (χ4n) is 2.30. The molecule has 1 aromatic carbocycles. The van der Waals surface area contributed by atoms with Gasteiger partial charge in [-0.25, -0.2) is 0 Å². The summed E-state index contributed by atoms with van der Waals surface area (Å²) in [4.78, 5) is 12.2. The first kappa shape index (κ1) is 14.4. The Morgan fingerprint density at radius 3 is 3.00 bits per heavy atom. The zero-order valence-corrected chi connectivity index (χ0v) is 12.3. The van der Waals surface area contributed by atoms with Gasteiger partial charge in [0.15, 0.2) is 0 Å².